The highest BCUT2D eigenvalue weighted by atomic mass is 32.2. The van der Waals surface area contributed by atoms with E-state index >= 15 is 0 Å². The maximum Gasteiger partial charge on any atom is 0.0572 e. The molecular formula is C13H25NOS. The van der Waals surface area contributed by atoms with Crippen molar-refractivity contribution in [1.82, 2.24) is 5.32 Å². The van der Waals surface area contributed by atoms with E-state index in [-0.39, 0.29) is 0 Å². The first-order valence-corrected chi connectivity index (χ1v) is 7.88. The average Bonchev–Trinajstić information content (AvgIpc) is 3.13. The lowest BCUT2D eigenvalue weighted by Crippen LogP contribution is -2.36. The molecule has 0 aromatic carbocycles. The molecule has 0 saturated heterocycles. The van der Waals surface area contributed by atoms with Crippen LogP contribution in [0.25, 0.3) is 0 Å². The quantitative estimate of drug-likeness (QED) is 0.695. The Labute approximate surface area is 104 Å². The number of rotatable bonds is 7. The van der Waals surface area contributed by atoms with Gasteiger partial charge in [-0.25, -0.2) is 0 Å². The number of nitrogens with one attached hydrogen (secondary N) is 1. The van der Waals surface area contributed by atoms with E-state index in [4.69, 9.17) is 4.74 Å². The average molecular weight is 243 g/mol. The Morgan fingerprint density at radius 2 is 1.88 bits per heavy atom. The van der Waals surface area contributed by atoms with Crippen molar-refractivity contribution in [3.63, 3.8) is 0 Å². The van der Waals surface area contributed by atoms with Crippen LogP contribution in [0.1, 0.15) is 38.5 Å². The fraction of sp³-hybridized carbons (Fsp3) is 1.00. The highest BCUT2D eigenvalue weighted by Crippen LogP contribution is 2.32. The van der Waals surface area contributed by atoms with Gasteiger partial charge < -0.3 is 10.1 Å². The molecule has 0 amide bonds. The fourth-order valence-corrected chi connectivity index (χ4v) is 3.47. The third-order valence-electron chi connectivity index (χ3n) is 3.74. The minimum absolute atomic E-state index is 0.530. The van der Waals surface area contributed by atoms with E-state index in [0.717, 1.165) is 12.0 Å². The summed E-state index contributed by atoms with van der Waals surface area (Å²) in [4.78, 5) is 0. The van der Waals surface area contributed by atoms with Crippen LogP contribution in [-0.4, -0.2) is 37.3 Å². The van der Waals surface area contributed by atoms with Crippen LogP contribution in [0.5, 0.6) is 0 Å². The lowest BCUT2D eigenvalue weighted by molar-refractivity contribution is 0.0628. The van der Waals surface area contributed by atoms with Crippen molar-refractivity contribution in [1.29, 1.82) is 0 Å². The molecule has 2 rings (SSSR count). The molecule has 2 fully saturated rings. The van der Waals surface area contributed by atoms with Crippen molar-refractivity contribution >= 4 is 11.8 Å². The van der Waals surface area contributed by atoms with Gasteiger partial charge in [0.25, 0.3) is 0 Å². The Balaban J connectivity index is 1.43. The summed E-state index contributed by atoms with van der Waals surface area (Å²) in [6.07, 6.45) is 8.58. The number of thioether (sulfide) groups is 1. The summed E-state index contributed by atoms with van der Waals surface area (Å²) < 4.78 is 5.38. The predicted molar refractivity (Wildman–Crippen MR) is 71.1 cm³/mol. The molecule has 0 aromatic heterocycles. The molecule has 94 valence electrons. The van der Waals surface area contributed by atoms with Gasteiger partial charge in [-0.2, -0.15) is 11.8 Å². The largest absolute Gasteiger partial charge is 0.381 e. The molecule has 2 nitrogen and oxygen atoms in total. The molecule has 0 unspecified atom stereocenters. The molecule has 2 aliphatic carbocycles. The van der Waals surface area contributed by atoms with Gasteiger partial charge in [0.2, 0.25) is 0 Å². The normalized spacial score (nSPS) is 30.6. The summed E-state index contributed by atoms with van der Waals surface area (Å²) in [7, 11) is 1.84. The third kappa shape index (κ3) is 4.64. The van der Waals surface area contributed by atoms with Crippen LogP contribution in [0, 0.1) is 5.92 Å². The van der Waals surface area contributed by atoms with Crippen LogP contribution in [0.4, 0.5) is 0 Å². The van der Waals surface area contributed by atoms with Crippen LogP contribution in [0.2, 0.25) is 0 Å². The summed E-state index contributed by atoms with van der Waals surface area (Å²) in [6.45, 7) is 1.19. The molecule has 2 saturated carbocycles. The van der Waals surface area contributed by atoms with Gasteiger partial charge in [-0.15, -0.1) is 0 Å². The minimum Gasteiger partial charge on any atom is -0.381 e. The van der Waals surface area contributed by atoms with E-state index in [9.17, 15) is 0 Å². The summed E-state index contributed by atoms with van der Waals surface area (Å²) in [6, 6.07) is 0.757. The standard InChI is InChI=1S/C13H25NOS/c1-15-13-6-4-12(5-7-13)14-8-9-16-10-11-2-3-11/h11-14H,2-10H2,1H3. The molecule has 0 bridgehead atoms. The van der Waals surface area contributed by atoms with Gasteiger partial charge in [0.1, 0.15) is 0 Å². The first kappa shape index (κ1) is 12.7. The molecule has 3 heteroatoms. The van der Waals surface area contributed by atoms with Crippen LogP contribution in [-0.2, 0) is 4.74 Å². The lowest BCUT2D eigenvalue weighted by atomic mass is 9.93. The zero-order chi connectivity index (χ0) is 11.2. The maximum atomic E-state index is 5.38. The van der Waals surface area contributed by atoms with Crippen molar-refractivity contribution in [3.8, 4) is 0 Å². The van der Waals surface area contributed by atoms with Gasteiger partial charge in [0.05, 0.1) is 6.10 Å². The van der Waals surface area contributed by atoms with E-state index in [1.54, 1.807) is 0 Å². The lowest BCUT2D eigenvalue weighted by Gasteiger charge is -2.28. The third-order valence-corrected chi connectivity index (χ3v) is 4.94. The Morgan fingerprint density at radius 1 is 1.12 bits per heavy atom. The van der Waals surface area contributed by atoms with E-state index < -0.39 is 0 Å². The van der Waals surface area contributed by atoms with E-state index in [2.05, 4.69) is 17.1 Å². The molecule has 0 aromatic rings. The van der Waals surface area contributed by atoms with Gasteiger partial charge in [-0.1, -0.05) is 0 Å². The van der Waals surface area contributed by atoms with Crippen molar-refractivity contribution in [3.05, 3.63) is 0 Å². The van der Waals surface area contributed by atoms with Crippen LogP contribution < -0.4 is 5.32 Å². The highest BCUT2D eigenvalue weighted by molar-refractivity contribution is 7.99. The highest BCUT2D eigenvalue weighted by Gasteiger charge is 2.21. The van der Waals surface area contributed by atoms with Gasteiger partial charge in [-0.3, -0.25) is 0 Å². The monoisotopic (exact) mass is 243 g/mol. The van der Waals surface area contributed by atoms with E-state index in [1.165, 1.54) is 56.6 Å². The Hall–Kier alpha value is 0.270. The van der Waals surface area contributed by atoms with Crippen molar-refractivity contribution in [2.24, 2.45) is 5.92 Å². The second-order valence-corrected chi connectivity index (χ2v) is 6.33. The minimum atomic E-state index is 0.530. The van der Waals surface area contributed by atoms with Gasteiger partial charge in [0.15, 0.2) is 0 Å². The van der Waals surface area contributed by atoms with Gasteiger partial charge in [-0.05, 0) is 50.2 Å². The molecule has 0 radical (unpaired) electrons. The SMILES string of the molecule is COC1CCC(NCCSCC2CC2)CC1. The molecule has 1 N–H and O–H groups in total. The van der Waals surface area contributed by atoms with Crippen LogP contribution in [0.3, 0.4) is 0 Å². The van der Waals surface area contributed by atoms with Crippen molar-refractivity contribution in [2.75, 3.05) is 25.2 Å². The topological polar surface area (TPSA) is 21.3 Å². The number of methoxy groups -OCH3 is 1. The van der Waals surface area contributed by atoms with Crippen LogP contribution >= 0.6 is 11.8 Å². The summed E-state index contributed by atoms with van der Waals surface area (Å²) in [5, 5.41) is 3.68. The summed E-state index contributed by atoms with van der Waals surface area (Å²) in [5.74, 6) is 3.76. The Kier molecular flexibility index (Phi) is 5.46. The van der Waals surface area contributed by atoms with Gasteiger partial charge >= 0.3 is 0 Å². The van der Waals surface area contributed by atoms with E-state index in [1.807, 2.05) is 7.11 Å². The number of hydrogen-bond donors (Lipinski definition) is 1. The zero-order valence-corrected chi connectivity index (χ0v) is 11.2. The summed E-state index contributed by atoms with van der Waals surface area (Å²) >= 11 is 2.13. The summed E-state index contributed by atoms with van der Waals surface area (Å²) in [5.41, 5.74) is 0. The van der Waals surface area contributed by atoms with E-state index in [0.29, 0.717) is 6.10 Å². The Morgan fingerprint density at radius 3 is 2.50 bits per heavy atom. The maximum absolute atomic E-state index is 5.38. The first-order chi connectivity index (χ1) is 7.88. The molecule has 16 heavy (non-hydrogen) atoms. The molecular weight excluding hydrogens is 218 g/mol. The molecule has 0 aliphatic heterocycles. The predicted octanol–water partition coefficient (Wildman–Crippen LogP) is 2.68. The number of ether oxygens (including phenoxy) is 1. The smallest absolute Gasteiger partial charge is 0.0572 e. The molecule has 2 aliphatic rings. The van der Waals surface area contributed by atoms with Gasteiger partial charge in [0, 0.05) is 25.4 Å². The fourth-order valence-electron chi connectivity index (χ4n) is 2.37. The molecule has 0 heterocycles. The zero-order valence-electron chi connectivity index (χ0n) is 10.4. The number of hydrogen-bond acceptors (Lipinski definition) is 3. The van der Waals surface area contributed by atoms with Crippen LogP contribution in [0.15, 0.2) is 0 Å². The Bertz CT molecular complexity index is 188. The second kappa shape index (κ2) is 6.87. The molecule has 0 spiro atoms. The van der Waals surface area contributed by atoms with Crippen molar-refractivity contribution in [2.45, 2.75) is 50.7 Å². The molecule has 0 atom stereocenters. The first-order valence-electron chi connectivity index (χ1n) is 6.72. The second-order valence-electron chi connectivity index (χ2n) is 5.18. The van der Waals surface area contributed by atoms with Crippen molar-refractivity contribution < 1.29 is 4.74 Å².